The van der Waals surface area contributed by atoms with E-state index in [1.807, 2.05) is 37.3 Å². The molecule has 0 unspecified atom stereocenters. The summed E-state index contributed by atoms with van der Waals surface area (Å²) in [5.41, 5.74) is 3.71. The third kappa shape index (κ3) is 5.66. The lowest BCUT2D eigenvalue weighted by Crippen LogP contribution is -2.01. The summed E-state index contributed by atoms with van der Waals surface area (Å²) in [5, 5.41) is 0.577. The van der Waals surface area contributed by atoms with Crippen molar-refractivity contribution in [2.45, 2.75) is 20.8 Å². The molecule has 100 valence electrons. The van der Waals surface area contributed by atoms with Gasteiger partial charge in [-0.25, -0.2) is 0 Å². The van der Waals surface area contributed by atoms with Crippen molar-refractivity contribution in [2.24, 2.45) is 0 Å². The Bertz CT molecular complexity index is 485. The molecule has 0 saturated heterocycles. The first-order valence-electron chi connectivity index (χ1n) is 6.39. The summed E-state index contributed by atoms with van der Waals surface area (Å²) in [5.74, 6) is 0. The van der Waals surface area contributed by atoms with Crippen LogP contribution in [0.5, 0.6) is 0 Å². The number of benzene rings is 2. The van der Waals surface area contributed by atoms with Gasteiger partial charge in [0.2, 0.25) is 0 Å². The van der Waals surface area contributed by atoms with Crippen LogP contribution in [0.3, 0.4) is 0 Å². The van der Waals surface area contributed by atoms with Crippen LogP contribution in [0, 0.1) is 13.8 Å². The molecule has 0 heterocycles. The maximum absolute atomic E-state index is 5.16. The lowest BCUT2D eigenvalue weighted by molar-refractivity contribution is 0.337. The van der Waals surface area contributed by atoms with E-state index in [4.69, 9.17) is 17.0 Å². The van der Waals surface area contributed by atoms with Crippen molar-refractivity contribution in [1.82, 2.24) is 0 Å². The molecule has 2 aromatic carbocycles. The van der Waals surface area contributed by atoms with E-state index in [1.165, 1.54) is 11.1 Å². The summed E-state index contributed by atoms with van der Waals surface area (Å²) in [7, 11) is 0. The fraction of sp³-hybridized carbons (Fsp3) is 0.235. The molecule has 0 atom stereocenters. The molecule has 0 aliphatic carbocycles. The molecule has 0 fully saturated rings. The Balaban J connectivity index is 0.000000200. The quantitative estimate of drug-likeness (QED) is 0.733. The minimum Gasteiger partial charge on any atom is -0.483 e. The van der Waals surface area contributed by atoms with E-state index in [-0.39, 0.29) is 0 Å². The van der Waals surface area contributed by atoms with Crippen molar-refractivity contribution in [2.75, 3.05) is 6.61 Å². The van der Waals surface area contributed by atoms with Gasteiger partial charge >= 0.3 is 0 Å². The van der Waals surface area contributed by atoms with E-state index in [1.54, 1.807) is 0 Å². The highest BCUT2D eigenvalue weighted by Crippen LogP contribution is 2.03. The molecular formula is C17H20OS. The molecule has 0 spiro atoms. The fourth-order valence-electron chi connectivity index (χ4n) is 1.45. The summed E-state index contributed by atoms with van der Waals surface area (Å²) < 4.78 is 5.16. The van der Waals surface area contributed by atoms with Gasteiger partial charge < -0.3 is 4.74 Å². The summed E-state index contributed by atoms with van der Waals surface area (Å²) in [6.45, 7) is 6.80. The monoisotopic (exact) mass is 272 g/mol. The van der Waals surface area contributed by atoms with Crippen molar-refractivity contribution in [1.29, 1.82) is 0 Å². The lowest BCUT2D eigenvalue weighted by Gasteiger charge is -2.02. The predicted molar refractivity (Wildman–Crippen MR) is 85.7 cm³/mol. The molecule has 0 aliphatic rings. The van der Waals surface area contributed by atoms with Crippen LogP contribution in [0.4, 0.5) is 0 Å². The minimum absolute atomic E-state index is 0.577. The van der Waals surface area contributed by atoms with Crippen LogP contribution in [-0.4, -0.2) is 11.7 Å². The zero-order valence-electron chi connectivity index (χ0n) is 11.7. The number of hydrogen-bond acceptors (Lipinski definition) is 2. The number of hydrogen-bond donors (Lipinski definition) is 0. The van der Waals surface area contributed by atoms with Crippen molar-refractivity contribution in [3.8, 4) is 0 Å². The van der Waals surface area contributed by atoms with Gasteiger partial charge in [-0.15, -0.1) is 0 Å². The molecule has 2 rings (SSSR count). The Morgan fingerprint density at radius 2 is 1.37 bits per heavy atom. The van der Waals surface area contributed by atoms with Crippen LogP contribution in [-0.2, 0) is 4.74 Å². The van der Waals surface area contributed by atoms with Crippen molar-refractivity contribution in [3.63, 3.8) is 0 Å². The van der Waals surface area contributed by atoms with Crippen LogP contribution in [0.1, 0.15) is 23.6 Å². The molecule has 0 radical (unpaired) electrons. The van der Waals surface area contributed by atoms with E-state index in [0.29, 0.717) is 11.7 Å². The lowest BCUT2D eigenvalue weighted by atomic mass is 10.1. The molecule has 0 saturated carbocycles. The van der Waals surface area contributed by atoms with Crippen LogP contribution in [0.15, 0.2) is 54.6 Å². The molecule has 2 heteroatoms. The first kappa shape index (κ1) is 15.4. The Labute approximate surface area is 121 Å². The zero-order chi connectivity index (χ0) is 14.1. The number of aryl methyl sites for hydroxylation is 2. The Hall–Kier alpha value is -1.67. The smallest absolute Gasteiger partial charge is 0.191 e. The zero-order valence-corrected chi connectivity index (χ0v) is 12.5. The van der Waals surface area contributed by atoms with Crippen LogP contribution in [0.2, 0.25) is 0 Å². The first-order chi connectivity index (χ1) is 9.15. The largest absolute Gasteiger partial charge is 0.483 e. The van der Waals surface area contributed by atoms with Gasteiger partial charge in [0, 0.05) is 5.56 Å². The second-order valence-corrected chi connectivity index (χ2v) is 4.54. The van der Waals surface area contributed by atoms with Crippen LogP contribution >= 0.6 is 12.2 Å². The molecule has 0 aliphatic heterocycles. The second-order valence-electron chi connectivity index (χ2n) is 4.17. The molecule has 0 aromatic heterocycles. The topological polar surface area (TPSA) is 9.23 Å². The predicted octanol–water partition coefficient (Wildman–Crippen LogP) is 4.70. The van der Waals surface area contributed by atoms with E-state index >= 15 is 0 Å². The van der Waals surface area contributed by atoms with Crippen molar-refractivity contribution in [3.05, 3.63) is 71.3 Å². The molecule has 0 bridgehead atoms. The summed E-state index contributed by atoms with van der Waals surface area (Å²) in [6.07, 6.45) is 0. The third-order valence-electron chi connectivity index (χ3n) is 2.71. The molecule has 1 nitrogen and oxygen atoms in total. The average molecular weight is 272 g/mol. The highest BCUT2D eigenvalue weighted by Gasteiger charge is 1.97. The van der Waals surface area contributed by atoms with Gasteiger partial charge in [0.05, 0.1) is 6.61 Å². The highest BCUT2D eigenvalue weighted by molar-refractivity contribution is 7.80. The maximum Gasteiger partial charge on any atom is 0.191 e. The van der Waals surface area contributed by atoms with Crippen molar-refractivity contribution < 1.29 is 4.74 Å². The Morgan fingerprint density at radius 1 is 0.895 bits per heavy atom. The summed E-state index contributed by atoms with van der Waals surface area (Å²) in [6, 6.07) is 18.1. The maximum atomic E-state index is 5.16. The SMILES string of the molecule is CCOC(=S)c1ccccc1.Cc1ccccc1C. The van der Waals surface area contributed by atoms with Crippen LogP contribution < -0.4 is 0 Å². The van der Waals surface area contributed by atoms with Gasteiger partial charge in [0.25, 0.3) is 0 Å². The normalized spacial score (nSPS) is 9.21. The second kappa shape index (κ2) is 8.44. The van der Waals surface area contributed by atoms with E-state index < -0.39 is 0 Å². The van der Waals surface area contributed by atoms with E-state index in [2.05, 4.69) is 38.1 Å². The van der Waals surface area contributed by atoms with Gasteiger partial charge in [-0.05, 0) is 44.1 Å². The number of rotatable bonds is 2. The molecule has 19 heavy (non-hydrogen) atoms. The number of ether oxygens (including phenoxy) is 1. The van der Waals surface area contributed by atoms with Gasteiger partial charge in [-0.1, -0.05) is 54.6 Å². The van der Waals surface area contributed by atoms with Crippen LogP contribution in [0.25, 0.3) is 0 Å². The number of thiocarbonyl (C=S) groups is 1. The average Bonchev–Trinajstić information content (AvgIpc) is 2.44. The van der Waals surface area contributed by atoms with Gasteiger partial charge in [0.15, 0.2) is 5.05 Å². The van der Waals surface area contributed by atoms with Gasteiger partial charge in [0.1, 0.15) is 0 Å². The molecule has 0 amide bonds. The van der Waals surface area contributed by atoms with Gasteiger partial charge in [-0.3, -0.25) is 0 Å². The minimum atomic E-state index is 0.577. The highest BCUT2D eigenvalue weighted by atomic mass is 32.1. The van der Waals surface area contributed by atoms with Crippen molar-refractivity contribution >= 4 is 17.3 Å². The molecule has 0 N–H and O–H groups in total. The Morgan fingerprint density at radius 3 is 1.79 bits per heavy atom. The molecule has 2 aromatic rings. The third-order valence-corrected chi connectivity index (χ3v) is 3.06. The van der Waals surface area contributed by atoms with E-state index in [0.717, 1.165) is 5.56 Å². The Kier molecular flexibility index (Phi) is 6.83. The van der Waals surface area contributed by atoms with Gasteiger partial charge in [-0.2, -0.15) is 0 Å². The van der Waals surface area contributed by atoms with E-state index in [9.17, 15) is 0 Å². The standard InChI is InChI=1S/C9H10OS.C8H10/c1-2-10-9(11)8-6-4-3-5-7-8;1-7-5-3-4-6-8(7)2/h3-7H,2H2,1H3;3-6H,1-2H3. The summed E-state index contributed by atoms with van der Waals surface area (Å²) in [4.78, 5) is 0. The fourth-order valence-corrected chi connectivity index (χ4v) is 1.71. The first-order valence-corrected chi connectivity index (χ1v) is 6.80. The summed E-state index contributed by atoms with van der Waals surface area (Å²) >= 11 is 5.00. The molecular weight excluding hydrogens is 252 g/mol.